The summed E-state index contributed by atoms with van der Waals surface area (Å²) in [6.07, 6.45) is 1.61. The van der Waals surface area contributed by atoms with Gasteiger partial charge < -0.3 is 4.42 Å². The minimum Gasteiger partial charge on any atom is -0.455 e. The van der Waals surface area contributed by atoms with Gasteiger partial charge in [0.15, 0.2) is 0 Å². The molecular formula is C17H11Cl2IN2O. The van der Waals surface area contributed by atoms with Crippen molar-refractivity contribution in [1.29, 1.82) is 0 Å². The first-order valence-corrected chi connectivity index (χ1v) is 8.56. The van der Waals surface area contributed by atoms with Crippen LogP contribution in [0.2, 0.25) is 10.0 Å². The number of furan rings is 1. The number of hydrogen-bond acceptors (Lipinski definition) is 3. The third-order valence-corrected chi connectivity index (χ3v) is 4.61. The van der Waals surface area contributed by atoms with Gasteiger partial charge in [-0.2, -0.15) is 5.10 Å². The molecule has 0 aliphatic heterocycles. The van der Waals surface area contributed by atoms with Crippen LogP contribution in [0.1, 0.15) is 5.76 Å². The maximum Gasteiger partial charge on any atom is 0.147 e. The quantitative estimate of drug-likeness (QED) is 0.284. The fourth-order valence-corrected chi connectivity index (χ4v) is 2.71. The van der Waals surface area contributed by atoms with E-state index in [4.69, 9.17) is 27.6 Å². The molecule has 23 heavy (non-hydrogen) atoms. The second-order valence-electron chi connectivity index (χ2n) is 4.68. The Morgan fingerprint density at radius 2 is 1.78 bits per heavy atom. The van der Waals surface area contributed by atoms with Crippen LogP contribution >= 0.6 is 45.8 Å². The molecule has 0 fully saturated rings. The van der Waals surface area contributed by atoms with E-state index in [1.54, 1.807) is 12.3 Å². The second-order valence-corrected chi connectivity index (χ2v) is 6.71. The van der Waals surface area contributed by atoms with E-state index in [1.165, 1.54) is 3.57 Å². The molecule has 1 N–H and O–H groups in total. The molecule has 0 saturated carbocycles. The van der Waals surface area contributed by atoms with Gasteiger partial charge in [0.1, 0.15) is 11.5 Å². The maximum atomic E-state index is 6.20. The Kier molecular flexibility index (Phi) is 5.25. The van der Waals surface area contributed by atoms with E-state index < -0.39 is 0 Å². The third kappa shape index (κ3) is 4.07. The molecule has 3 rings (SSSR count). The number of hydrogen-bond donors (Lipinski definition) is 1. The lowest BCUT2D eigenvalue weighted by atomic mass is 10.2. The zero-order chi connectivity index (χ0) is 16.2. The molecule has 0 amide bonds. The molecule has 0 aliphatic rings. The summed E-state index contributed by atoms with van der Waals surface area (Å²) in [5.41, 5.74) is 4.61. The van der Waals surface area contributed by atoms with Crippen molar-refractivity contribution in [2.75, 3.05) is 5.43 Å². The summed E-state index contributed by atoms with van der Waals surface area (Å²) in [6.45, 7) is 0. The van der Waals surface area contributed by atoms with Crippen molar-refractivity contribution in [2.24, 2.45) is 5.10 Å². The summed E-state index contributed by atoms with van der Waals surface area (Å²) in [5.74, 6) is 1.27. The first kappa shape index (κ1) is 16.4. The molecule has 0 atom stereocenters. The zero-order valence-corrected chi connectivity index (χ0v) is 15.4. The molecule has 0 saturated heterocycles. The lowest BCUT2D eigenvalue weighted by molar-refractivity contribution is 0.575. The Morgan fingerprint density at radius 1 is 1.00 bits per heavy atom. The number of halogens is 3. The van der Waals surface area contributed by atoms with E-state index in [2.05, 4.69) is 33.1 Å². The van der Waals surface area contributed by atoms with E-state index >= 15 is 0 Å². The van der Waals surface area contributed by atoms with E-state index in [1.807, 2.05) is 48.5 Å². The van der Waals surface area contributed by atoms with E-state index in [0.29, 0.717) is 21.6 Å². The first-order valence-electron chi connectivity index (χ1n) is 6.72. The highest BCUT2D eigenvalue weighted by molar-refractivity contribution is 14.1. The predicted octanol–water partition coefficient (Wildman–Crippen LogP) is 6.30. The van der Waals surface area contributed by atoms with Gasteiger partial charge in [0.25, 0.3) is 0 Å². The highest BCUT2D eigenvalue weighted by Crippen LogP contribution is 2.34. The molecule has 3 aromatic rings. The van der Waals surface area contributed by atoms with Crippen molar-refractivity contribution in [3.05, 3.63) is 74.0 Å². The minimum atomic E-state index is 0.476. The van der Waals surface area contributed by atoms with Gasteiger partial charge in [-0.05, 0) is 71.1 Å². The van der Waals surface area contributed by atoms with Crippen LogP contribution in [0.3, 0.4) is 0 Å². The van der Waals surface area contributed by atoms with E-state index in [0.717, 1.165) is 11.3 Å². The molecule has 3 nitrogen and oxygen atoms in total. The molecule has 0 radical (unpaired) electrons. The third-order valence-electron chi connectivity index (χ3n) is 3.07. The fourth-order valence-electron chi connectivity index (χ4n) is 1.96. The molecule has 0 spiro atoms. The SMILES string of the molecule is Clc1cccc(-c2ccc(C=NNc3ccc(I)cc3)o2)c1Cl. The first-order chi connectivity index (χ1) is 11.1. The number of rotatable bonds is 4. The molecule has 116 valence electrons. The molecule has 0 bridgehead atoms. The van der Waals surface area contributed by atoms with Gasteiger partial charge in [-0.25, -0.2) is 0 Å². The van der Waals surface area contributed by atoms with E-state index in [-0.39, 0.29) is 0 Å². The van der Waals surface area contributed by atoms with Crippen LogP contribution < -0.4 is 5.43 Å². The Bertz CT molecular complexity index is 844. The van der Waals surface area contributed by atoms with Crippen LogP contribution in [0.15, 0.2) is 64.1 Å². The van der Waals surface area contributed by atoms with Gasteiger partial charge in [0.2, 0.25) is 0 Å². The summed E-state index contributed by atoms with van der Waals surface area (Å²) >= 11 is 14.5. The normalized spacial score (nSPS) is 11.1. The van der Waals surface area contributed by atoms with Crippen molar-refractivity contribution >= 4 is 57.7 Å². The van der Waals surface area contributed by atoms with Crippen LogP contribution in [-0.4, -0.2) is 6.21 Å². The Hall–Kier alpha value is -1.50. The summed E-state index contributed by atoms with van der Waals surface area (Å²) in [7, 11) is 0. The van der Waals surface area contributed by atoms with Crippen molar-refractivity contribution in [2.45, 2.75) is 0 Å². The average molecular weight is 457 g/mol. The summed E-state index contributed by atoms with van der Waals surface area (Å²) < 4.78 is 6.90. The molecule has 0 unspecified atom stereocenters. The Labute approximate surface area is 157 Å². The molecule has 6 heteroatoms. The lowest BCUT2D eigenvalue weighted by Gasteiger charge is -2.02. The average Bonchev–Trinajstić information content (AvgIpc) is 3.01. The monoisotopic (exact) mass is 456 g/mol. The van der Waals surface area contributed by atoms with Crippen LogP contribution in [-0.2, 0) is 0 Å². The molecule has 0 aliphatic carbocycles. The highest BCUT2D eigenvalue weighted by Gasteiger charge is 2.10. The van der Waals surface area contributed by atoms with Gasteiger partial charge in [0, 0.05) is 9.13 Å². The number of anilines is 1. The number of hydrazone groups is 1. The Balaban J connectivity index is 1.73. The molecule has 1 aromatic heterocycles. The minimum absolute atomic E-state index is 0.476. The molecular weight excluding hydrogens is 446 g/mol. The number of nitrogens with one attached hydrogen (secondary N) is 1. The van der Waals surface area contributed by atoms with Crippen LogP contribution in [0.4, 0.5) is 5.69 Å². The highest BCUT2D eigenvalue weighted by atomic mass is 127. The van der Waals surface area contributed by atoms with E-state index in [9.17, 15) is 0 Å². The standard InChI is InChI=1S/C17H11Cl2IN2O/c18-15-3-1-2-14(17(15)19)16-9-8-13(23-16)10-21-22-12-6-4-11(20)5-7-12/h1-10,22H. The van der Waals surface area contributed by atoms with Gasteiger partial charge in [-0.1, -0.05) is 29.3 Å². The summed E-state index contributed by atoms with van der Waals surface area (Å²) in [6, 6.07) is 17.0. The molecule has 1 heterocycles. The fraction of sp³-hybridized carbons (Fsp3) is 0. The van der Waals surface area contributed by atoms with Gasteiger partial charge in [-0.3, -0.25) is 5.43 Å². The topological polar surface area (TPSA) is 37.5 Å². The largest absolute Gasteiger partial charge is 0.455 e. The number of benzene rings is 2. The van der Waals surface area contributed by atoms with Crippen molar-refractivity contribution in [3.8, 4) is 11.3 Å². The van der Waals surface area contributed by atoms with Crippen LogP contribution in [0.5, 0.6) is 0 Å². The van der Waals surface area contributed by atoms with Gasteiger partial charge in [0.05, 0.1) is 21.9 Å². The van der Waals surface area contributed by atoms with Crippen molar-refractivity contribution in [3.63, 3.8) is 0 Å². The summed E-state index contributed by atoms with van der Waals surface area (Å²) in [5, 5.41) is 5.13. The van der Waals surface area contributed by atoms with Gasteiger partial charge in [-0.15, -0.1) is 0 Å². The smallest absolute Gasteiger partial charge is 0.147 e. The Morgan fingerprint density at radius 3 is 2.57 bits per heavy atom. The zero-order valence-electron chi connectivity index (χ0n) is 11.8. The van der Waals surface area contributed by atoms with Crippen molar-refractivity contribution in [1.82, 2.24) is 0 Å². The maximum absolute atomic E-state index is 6.20. The second kappa shape index (κ2) is 7.38. The van der Waals surface area contributed by atoms with Crippen molar-refractivity contribution < 1.29 is 4.42 Å². The van der Waals surface area contributed by atoms with Crippen LogP contribution in [0, 0.1) is 3.57 Å². The number of nitrogens with zero attached hydrogens (tertiary/aromatic N) is 1. The predicted molar refractivity (Wildman–Crippen MR) is 105 cm³/mol. The van der Waals surface area contributed by atoms with Crippen LogP contribution in [0.25, 0.3) is 11.3 Å². The molecule has 2 aromatic carbocycles. The lowest BCUT2D eigenvalue weighted by Crippen LogP contribution is -1.89. The van der Waals surface area contributed by atoms with Gasteiger partial charge >= 0.3 is 0 Å². The summed E-state index contributed by atoms with van der Waals surface area (Å²) in [4.78, 5) is 0.